The summed E-state index contributed by atoms with van der Waals surface area (Å²) in [5.74, 6) is -0.349. The number of anilines is 1. The molecule has 3 heterocycles. The molecular formula is C19H20F3N3O3. The number of fused-ring (bicyclic) bond motifs is 2. The largest absolute Gasteiger partial charge is 0.418 e. The lowest BCUT2D eigenvalue weighted by Crippen LogP contribution is -2.54. The second kappa shape index (κ2) is 6.79. The van der Waals surface area contributed by atoms with E-state index in [0.717, 1.165) is 6.07 Å². The number of rotatable bonds is 2. The predicted molar refractivity (Wildman–Crippen MR) is 93.2 cm³/mol. The van der Waals surface area contributed by atoms with Gasteiger partial charge in [-0.3, -0.25) is 14.5 Å². The van der Waals surface area contributed by atoms with Crippen LogP contribution in [-0.2, 0) is 15.8 Å². The quantitative estimate of drug-likeness (QED) is 0.781. The normalized spacial score (nSPS) is 27.5. The summed E-state index contributed by atoms with van der Waals surface area (Å²) in [6.07, 6.45) is -1.74. The number of benzene rings is 1. The molecule has 2 unspecified atom stereocenters. The number of carbonyl (C=O) groups is 3. The topological polar surface area (TPSA) is 69.7 Å². The van der Waals surface area contributed by atoms with E-state index in [1.165, 1.54) is 23.1 Å². The number of piperidine rings is 1. The van der Waals surface area contributed by atoms with E-state index in [1.54, 1.807) is 4.90 Å². The van der Waals surface area contributed by atoms with E-state index >= 15 is 0 Å². The maximum absolute atomic E-state index is 13.2. The second-order valence-corrected chi connectivity index (χ2v) is 7.55. The van der Waals surface area contributed by atoms with Gasteiger partial charge in [-0.1, -0.05) is 12.1 Å². The number of alkyl halides is 3. The fraction of sp³-hybridized carbons (Fsp3) is 0.526. The Morgan fingerprint density at radius 2 is 1.54 bits per heavy atom. The highest BCUT2D eigenvalue weighted by molar-refractivity contribution is 6.02. The summed E-state index contributed by atoms with van der Waals surface area (Å²) < 4.78 is 39.5. The highest BCUT2D eigenvalue weighted by Gasteiger charge is 2.48. The predicted octanol–water partition coefficient (Wildman–Crippen LogP) is 3.38. The van der Waals surface area contributed by atoms with Gasteiger partial charge in [-0.2, -0.15) is 13.2 Å². The number of para-hydroxylation sites is 1. The van der Waals surface area contributed by atoms with Gasteiger partial charge < -0.3 is 10.2 Å². The SMILES string of the molecule is O=C1CCC(=O)N1C1CC2CCC(C1)N2C(=O)Nc1ccccc1C(F)(F)F. The van der Waals surface area contributed by atoms with E-state index in [2.05, 4.69) is 5.32 Å². The van der Waals surface area contributed by atoms with Crippen molar-refractivity contribution in [2.75, 3.05) is 5.32 Å². The molecule has 4 rings (SSSR count). The monoisotopic (exact) mass is 395 g/mol. The minimum atomic E-state index is -4.56. The molecule has 3 saturated heterocycles. The standard InChI is InChI=1S/C19H20F3N3O3/c20-19(21,22)14-3-1-2-4-15(14)23-18(28)24-11-5-6-12(24)10-13(9-11)25-16(26)7-8-17(25)27/h1-4,11-13H,5-10H2,(H,23,28). The van der Waals surface area contributed by atoms with Crippen LogP contribution in [0.15, 0.2) is 24.3 Å². The maximum atomic E-state index is 13.2. The van der Waals surface area contributed by atoms with Crippen molar-refractivity contribution in [3.63, 3.8) is 0 Å². The van der Waals surface area contributed by atoms with Gasteiger partial charge in [0.25, 0.3) is 0 Å². The molecule has 2 bridgehead atoms. The number of hydrogen-bond donors (Lipinski definition) is 1. The first-order valence-corrected chi connectivity index (χ1v) is 9.36. The van der Waals surface area contributed by atoms with Gasteiger partial charge >= 0.3 is 12.2 Å². The van der Waals surface area contributed by atoms with Gasteiger partial charge in [0.1, 0.15) is 0 Å². The first-order chi connectivity index (χ1) is 13.3. The number of likely N-dealkylation sites (tertiary alicyclic amines) is 1. The molecule has 1 aromatic rings. The zero-order valence-corrected chi connectivity index (χ0v) is 15.0. The highest BCUT2D eigenvalue weighted by atomic mass is 19.4. The molecule has 28 heavy (non-hydrogen) atoms. The maximum Gasteiger partial charge on any atom is 0.418 e. The number of halogens is 3. The molecule has 6 nitrogen and oxygen atoms in total. The lowest BCUT2D eigenvalue weighted by atomic mass is 9.96. The third-order valence-electron chi connectivity index (χ3n) is 5.87. The summed E-state index contributed by atoms with van der Waals surface area (Å²) in [5.41, 5.74) is -1.16. The fourth-order valence-electron chi connectivity index (χ4n) is 4.71. The smallest absolute Gasteiger partial charge is 0.318 e. The van der Waals surface area contributed by atoms with E-state index < -0.39 is 17.8 Å². The Labute approximate surface area is 159 Å². The van der Waals surface area contributed by atoms with Gasteiger partial charge in [0.2, 0.25) is 11.8 Å². The van der Waals surface area contributed by atoms with Crippen LogP contribution in [0.4, 0.5) is 23.7 Å². The minimum Gasteiger partial charge on any atom is -0.318 e. The number of nitrogens with one attached hydrogen (secondary N) is 1. The molecule has 0 aliphatic carbocycles. The van der Waals surface area contributed by atoms with E-state index in [-0.39, 0.29) is 48.5 Å². The van der Waals surface area contributed by atoms with Crippen LogP contribution in [0, 0.1) is 0 Å². The minimum absolute atomic E-state index is 0.175. The van der Waals surface area contributed by atoms with Gasteiger partial charge in [0, 0.05) is 31.0 Å². The van der Waals surface area contributed by atoms with Gasteiger partial charge in [-0.25, -0.2) is 4.79 Å². The first-order valence-electron chi connectivity index (χ1n) is 9.36. The number of imide groups is 1. The molecule has 0 radical (unpaired) electrons. The average molecular weight is 395 g/mol. The van der Waals surface area contributed by atoms with Crippen molar-refractivity contribution in [3.8, 4) is 0 Å². The van der Waals surface area contributed by atoms with Gasteiger partial charge in [0.15, 0.2) is 0 Å². The molecule has 9 heteroatoms. The Morgan fingerprint density at radius 3 is 2.11 bits per heavy atom. The molecule has 3 aliphatic rings. The molecule has 1 N–H and O–H groups in total. The molecule has 3 aliphatic heterocycles. The van der Waals surface area contributed by atoms with Gasteiger partial charge in [-0.15, -0.1) is 0 Å². The summed E-state index contributed by atoms with van der Waals surface area (Å²) in [6, 6.07) is 3.70. The van der Waals surface area contributed by atoms with Crippen molar-refractivity contribution in [1.29, 1.82) is 0 Å². The third kappa shape index (κ3) is 3.22. The Morgan fingerprint density at radius 1 is 0.964 bits per heavy atom. The van der Waals surface area contributed by atoms with E-state index in [4.69, 9.17) is 0 Å². The number of urea groups is 1. The van der Waals surface area contributed by atoms with Gasteiger partial charge in [-0.05, 0) is 37.8 Å². The van der Waals surface area contributed by atoms with Crippen molar-refractivity contribution in [1.82, 2.24) is 9.80 Å². The fourth-order valence-corrected chi connectivity index (χ4v) is 4.71. The summed E-state index contributed by atoms with van der Waals surface area (Å²) in [5, 5.41) is 2.41. The van der Waals surface area contributed by atoms with Crippen molar-refractivity contribution in [2.45, 2.75) is 62.8 Å². The Kier molecular flexibility index (Phi) is 4.55. The molecule has 0 saturated carbocycles. The Hall–Kier alpha value is -2.58. The van der Waals surface area contributed by atoms with Crippen molar-refractivity contribution < 1.29 is 27.6 Å². The zero-order chi connectivity index (χ0) is 20.1. The Balaban J connectivity index is 1.49. The molecule has 1 aromatic carbocycles. The molecule has 0 spiro atoms. The molecule has 3 fully saturated rings. The van der Waals surface area contributed by atoms with E-state index in [0.29, 0.717) is 25.7 Å². The van der Waals surface area contributed by atoms with E-state index in [1.807, 2.05) is 0 Å². The van der Waals surface area contributed by atoms with E-state index in [9.17, 15) is 27.6 Å². The summed E-state index contributed by atoms with van der Waals surface area (Å²) in [4.78, 5) is 39.7. The molecule has 0 aromatic heterocycles. The van der Waals surface area contributed by atoms with Crippen LogP contribution in [0.25, 0.3) is 0 Å². The van der Waals surface area contributed by atoms with Crippen LogP contribution < -0.4 is 5.32 Å². The number of amides is 4. The lowest BCUT2D eigenvalue weighted by Gasteiger charge is -2.41. The van der Waals surface area contributed by atoms with Crippen LogP contribution in [0.5, 0.6) is 0 Å². The summed E-state index contributed by atoms with van der Waals surface area (Å²) in [7, 11) is 0. The average Bonchev–Trinajstić information content (AvgIpc) is 3.10. The van der Waals surface area contributed by atoms with Crippen molar-refractivity contribution in [3.05, 3.63) is 29.8 Å². The van der Waals surface area contributed by atoms with Crippen molar-refractivity contribution in [2.24, 2.45) is 0 Å². The van der Waals surface area contributed by atoms with Crippen LogP contribution >= 0.6 is 0 Å². The highest BCUT2D eigenvalue weighted by Crippen LogP contribution is 2.40. The summed E-state index contributed by atoms with van der Waals surface area (Å²) >= 11 is 0. The van der Waals surface area contributed by atoms with Gasteiger partial charge in [0.05, 0.1) is 11.3 Å². The van der Waals surface area contributed by atoms with Crippen LogP contribution in [0.3, 0.4) is 0 Å². The van der Waals surface area contributed by atoms with Crippen molar-refractivity contribution >= 4 is 23.5 Å². The molecule has 4 amide bonds. The van der Waals surface area contributed by atoms with Crippen LogP contribution in [0.1, 0.15) is 44.1 Å². The second-order valence-electron chi connectivity index (χ2n) is 7.55. The first kappa shape index (κ1) is 18.8. The van der Waals surface area contributed by atoms with Crippen LogP contribution in [-0.4, -0.2) is 45.8 Å². The Bertz CT molecular complexity index is 796. The number of nitrogens with zero attached hydrogens (tertiary/aromatic N) is 2. The molecule has 150 valence electrons. The number of carbonyl (C=O) groups excluding carboxylic acids is 3. The lowest BCUT2D eigenvalue weighted by molar-refractivity contribution is -0.142. The third-order valence-corrected chi connectivity index (χ3v) is 5.87. The van der Waals surface area contributed by atoms with Crippen LogP contribution in [0.2, 0.25) is 0 Å². The number of hydrogen-bond acceptors (Lipinski definition) is 3. The molecule has 2 atom stereocenters. The molecular weight excluding hydrogens is 375 g/mol. The summed E-state index contributed by atoms with van der Waals surface area (Å²) in [6.45, 7) is 0. The zero-order valence-electron chi connectivity index (χ0n) is 15.0.